The second-order valence-corrected chi connectivity index (χ2v) is 6.54. The Bertz CT molecular complexity index is 394. The van der Waals surface area contributed by atoms with Crippen LogP contribution in [0.4, 0.5) is 0 Å². The lowest BCUT2D eigenvalue weighted by Crippen LogP contribution is -2.59. The number of hydrogen-bond donors (Lipinski definition) is 3. The minimum atomic E-state index is -1.06. The zero-order valence-electron chi connectivity index (χ0n) is 12.8. The van der Waals surface area contributed by atoms with Crippen LogP contribution in [0.2, 0.25) is 0 Å². The van der Waals surface area contributed by atoms with Crippen LogP contribution >= 0.6 is 0 Å². The Kier molecular flexibility index (Phi) is 4.87. The zero-order valence-corrected chi connectivity index (χ0v) is 12.8. The fourth-order valence-electron chi connectivity index (χ4n) is 3.85. The zero-order chi connectivity index (χ0) is 15.7. The van der Waals surface area contributed by atoms with Gasteiger partial charge in [-0.25, -0.2) is 0 Å². The molecule has 6 nitrogen and oxygen atoms in total. The molecule has 2 heterocycles. The van der Waals surface area contributed by atoms with Gasteiger partial charge in [0.1, 0.15) is 30.5 Å². The van der Waals surface area contributed by atoms with Gasteiger partial charge in [0.05, 0.1) is 12.7 Å². The van der Waals surface area contributed by atoms with E-state index in [2.05, 4.69) is 6.58 Å². The Morgan fingerprint density at radius 3 is 2.50 bits per heavy atom. The molecule has 2 saturated heterocycles. The Morgan fingerprint density at radius 1 is 1.18 bits per heavy atom. The van der Waals surface area contributed by atoms with Crippen LogP contribution in [0.1, 0.15) is 38.5 Å². The monoisotopic (exact) mass is 314 g/mol. The van der Waals surface area contributed by atoms with Crippen LogP contribution in [-0.2, 0) is 14.2 Å². The van der Waals surface area contributed by atoms with Gasteiger partial charge in [0.2, 0.25) is 0 Å². The van der Waals surface area contributed by atoms with Crippen molar-refractivity contribution in [3.8, 4) is 0 Å². The summed E-state index contributed by atoms with van der Waals surface area (Å²) in [6.45, 7) is 3.26. The lowest BCUT2D eigenvalue weighted by atomic mass is 9.91. The van der Waals surface area contributed by atoms with Crippen molar-refractivity contribution in [1.29, 1.82) is 0 Å². The SMILES string of the molecule is C=CCC1O[C@@H]([C@H](O)CO)C2OC3(CCCCC3)OC2[C@H]1O. The van der Waals surface area contributed by atoms with E-state index in [0.717, 1.165) is 32.1 Å². The molecule has 3 unspecified atom stereocenters. The molecule has 22 heavy (non-hydrogen) atoms. The van der Waals surface area contributed by atoms with Crippen molar-refractivity contribution >= 4 is 0 Å². The van der Waals surface area contributed by atoms with Crippen molar-refractivity contribution in [2.45, 2.75) is 80.9 Å². The summed E-state index contributed by atoms with van der Waals surface area (Å²) in [4.78, 5) is 0. The fourth-order valence-corrected chi connectivity index (χ4v) is 3.85. The molecule has 0 radical (unpaired) electrons. The van der Waals surface area contributed by atoms with E-state index in [1.165, 1.54) is 0 Å². The van der Waals surface area contributed by atoms with Gasteiger partial charge in [0.15, 0.2) is 5.79 Å². The van der Waals surface area contributed by atoms with Crippen molar-refractivity contribution in [1.82, 2.24) is 0 Å². The smallest absolute Gasteiger partial charge is 0.169 e. The highest BCUT2D eigenvalue weighted by molar-refractivity contribution is 5.03. The first-order valence-corrected chi connectivity index (χ1v) is 8.19. The average Bonchev–Trinajstić information content (AvgIpc) is 2.89. The van der Waals surface area contributed by atoms with Gasteiger partial charge < -0.3 is 29.5 Å². The molecule has 1 aliphatic carbocycles. The van der Waals surface area contributed by atoms with E-state index in [1.807, 2.05) is 0 Å². The van der Waals surface area contributed by atoms with Crippen molar-refractivity contribution in [3.05, 3.63) is 12.7 Å². The average molecular weight is 314 g/mol. The number of aliphatic hydroxyl groups excluding tert-OH is 3. The Labute approximate surface area is 130 Å². The molecule has 3 fully saturated rings. The molecule has 1 saturated carbocycles. The molecule has 1 spiro atoms. The minimum absolute atomic E-state index is 0.416. The summed E-state index contributed by atoms with van der Waals surface area (Å²) >= 11 is 0. The maximum absolute atomic E-state index is 10.5. The van der Waals surface area contributed by atoms with Gasteiger partial charge in [0, 0.05) is 12.8 Å². The molecule has 126 valence electrons. The van der Waals surface area contributed by atoms with Crippen LogP contribution in [0.25, 0.3) is 0 Å². The van der Waals surface area contributed by atoms with E-state index in [0.29, 0.717) is 6.42 Å². The van der Waals surface area contributed by atoms with Crippen molar-refractivity contribution < 1.29 is 29.5 Å². The molecule has 0 amide bonds. The molecule has 3 aliphatic rings. The van der Waals surface area contributed by atoms with Crippen LogP contribution in [0.15, 0.2) is 12.7 Å². The van der Waals surface area contributed by atoms with Gasteiger partial charge >= 0.3 is 0 Å². The normalized spacial score (nSPS) is 42.0. The summed E-state index contributed by atoms with van der Waals surface area (Å²) in [6, 6.07) is 0. The first-order valence-electron chi connectivity index (χ1n) is 8.19. The van der Waals surface area contributed by atoms with Crippen LogP contribution in [-0.4, -0.2) is 64.3 Å². The van der Waals surface area contributed by atoms with Gasteiger partial charge in [0.25, 0.3) is 0 Å². The Hall–Kier alpha value is -0.500. The van der Waals surface area contributed by atoms with Crippen LogP contribution in [0.3, 0.4) is 0 Å². The number of rotatable bonds is 4. The van der Waals surface area contributed by atoms with Crippen LogP contribution in [0.5, 0.6) is 0 Å². The highest BCUT2D eigenvalue weighted by Crippen LogP contribution is 2.45. The standard InChI is InChI=1S/C16H26O6/c1-2-6-11-12(19)14-15(13(20-11)10(18)9-17)22-16(21-14)7-4-3-5-8-16/h2,10-15,17-19H,1,3-9H2/t10-,11?,12+,13+,14?,15?/m1/s1. The molecule has 3 N–H and O–H groups in total. The fraction of sp³-hybridized carbons (Fsp3) is 0.875. The number of fused-ring (bicyclic) bond motifs is 1. The van der Waals surface area contributed by atoms with Crippen molar-refractivity contribution in [3.63, 3.8) is 0 Å². The third kappa shape index (κ3) is 2.84. The number of aliphatic hydroxyl groups is 3. The summed E-state index contributed by atoms with van der Waals surface area (Å²) < 4.78 is 18.1. The Balaban J connectivity index is 1.82. The number of hydrogen-bond acceptors (Lipinski definition) is 6. The van der Waals surface area contributed by atoms with Gasteiger partial charge in [-0.15, -0.1) is 6.58 Å². The summed E-state index contributed by atoms with van der Waals surface area (Å²) in [5, 5.41) is 29.9. The van der Waals surface area contributed by atoms with E-state index in [4.69, 9.17) is 14.2 Å². The molecule has 2 aliphatic heterocycles. The van der Waals surface area contributed by atoms with Crippen LogP contribution in [0, 0.1) is 0 Å². The van der Waals surface area contributed by atoms with Crippen molar-refractivity contribution in [2.75, 3.05) is 6.61 Å². The molecule has 0 aromatic carbocycles. The van der Waals surface area contributed by atoms with Crippen LogP contribution < -0.4 is 0 Å². The molecule has 0 aromatic heterocycles. The largest absolute Gasteiger partial charge is 0.394 e. The third-order valence-electron chi connectivity index (χ3n) is 4.98. The summed E-state index contributed by atoms with van der Waals surface area (Å²) in [5.41, 5.74) is 0. The van der Waals surface area contributed by atoms with Gasteiger partial charge in [-0.3, -0.25) is 0 Å². The molecule has 6 atom stereocenters. The maximum Gasteiger partial charge on any atom is 0.169 e. The molecule has 0 aromatic rings. The second-order valence-electron chi connectivity index (χ2n) is 6.54. The highest BCUT2D eigenvalue weighted by atomic mass is 16.8. The second kappa shape index (κ2) is 6.55. The lowest BCUT2D eigenvalue weighted by molar-refractivity contribution is -0.217. The first-order chi connectivity index (χ1) is 10.6. The minimum Gasteiger partial charge on any atom is -0.394 e. The van der Waals surface area contributed by atoms with Gasteiger partial charge in [-0.1, -0.05) is 12.5 Å². The number of ether oxygens (including phenoxy) is 3. The summed E-state index contributed by atoms with van der Waals surface area (Å²) in [5.74, 6) is -0.672. The molecular weight excluding hydrogens is 288 g/mol. The molecule has 0 bridgehead atoms. The molecule has 6 heteroatoms. The quantitative estimate of drug-likeness (QED) is 0.655. The maximum atomic E-state index is 10.5. The molecule has 3 rings (SSSR count). The van der Waals surface area contributed by atoms with E-state index in [-0.39, 0.29) is 0 Å². The first kappa shape index (κ1) is 16.4. The van der Waals surface area contributed by atoms with E-state index < -0.39 is 49.0 Å². The van der Waals surface area contributed by atoms with Gasteiger partial charge in [-0.05, 0) is 19.3 Å². The summed E-state index contributed by atoms with van der Waals surface area (Å²) in [6.07, 6.45) is 2.72. The Morgan fingerprint density at radius 2 is 1.86 bits per heavy atom. The van der Waals surface area contributed by atoms with E-state index in [1.54, 1.807) is 6.08 Å². The van der Waals surface area contributed by atoms with Gasteiger partial charge in [-0.2, -0.15) is 0 Å². The topological polar surface area (TPSA) is 88.4 Å². The van der Waals surface area contributed by atoms with E-state index in [9.17, 15) is 15.3 Å². The predicted octanol–water partition coefficient (Wildman–Crippen LogP) is 0.488. The highest BCUT2D eigenvalue weighted by Gasteiger charge is 2.58. The summed E-state index contributed by atoms with van der Waals surface area (Å²) in [7, 11) is 0. The van der Waals surface area contributed by atoms with Crippen molar-refractivity contribution in [2.24, 2.45) is 0 Å². The predicted molar refractivity (Wildman–Crippen MR) is 78.1 cm³/mol. The lowest BCUT2D eigenvalue weighted by Gasteiger charge is -2.41. The van der Waals surface area contributed by atoms with E-state index >= 15 is 0 Å². The third-order valence-corrected chi connectivity index (χ3v) is 4.98. The molecular formula is C16H26O6.